The van der Waals surface area contributed by atoms with E-state index in [1.165, 1.54) is 45.2 Å². The van der Waals surface area contributed by atoms with E-state index in [0.717, 1.165) is 12.5 Å². The van der Waals surface area contributed by atoms with Crippen LogP contribution in [0.3, 0.4) is 0 Å². The van der Waals surface area contributed by atoms with Gasteiger partial charge in [0.1, 0.15) is 0 Å². The summed E-state index contributed by atoms with van der Waals surface area (Å²) in [7, 11) is 0. The predicted molar refractivity (Wildman–Crippen MR) is 58.3 cm³/mol. The van der Waals surface area contributed by atoms with E-state index in [1.54, 1.807) is 0 Å². The first kappa shape index (κ1) is 10.2. The molecule has 2 rings (SSSR count). The number of hydrogen-bond donors (Lipinski definition) is 1. The molecule has 1 aliphatic heterocycles. The fourth-order valence-corrected chi connectivity index (χ4v) is 2.27. The smallest absolute Gasteiger partial charge is 0.0755 e. The standard InChI is InChI=1S/C12H21NO/c1-2-4-12(5-3-1)14-9-7-11-6-8-13-10-11/h2,4,11-13H,1,3,5-10H2. The fraction of sp³-hybridized carbons (Fsp3) is 0.833. The van der Waals surface area contributed by atoms with E-state index in [2.05, 4.69) is 17.5 Å². The largest absolute Gasteiger partial charge is 0.374 e. The number of allylic oxidation sites excluding steroid dienone is 1. The molecule has 1 heterocycles. The Morgan fingerprint density at radius 2 is 2.36 bits per heavy atom. The lowest BCUT2D eigenvalue weighted by Gasteiger charge is -2.18. The van der Waals surface area contributed by atoms with Gasteiger partial charge < -0.3 is 10.1 Å². The summed E-state index contributed by atoms with van der Waals surface area (Å²) in [6, 6.07) is 0. The molecule has 2 atom stereocenters. The molecule has 1 N–H and O–H groups in total. The van der Waals surface area contributed by atoms with Gasteiger partial charge in [-0.05, 0) is 51.1 Å². The molecule has 80 valence electrons. The molecule has 0 saturated carbocycles. The van der Waals surface area contributed by atoms with Gasteiger partial charge in [-0.3, -0.25) is 0 Å². The maximum absolute atomic E-state index is 5.83. The molecule has 2 heteroatoms. The Hall–Kier alpha value is -0.340. The van der Waals surface area contributed by atoms with E-state index in [9.17, 15) is 0 Å². The predicted octanol–water partition coefficient (Wildman–Crippen LogP) is 2.11. The molecule has 0 aromatic heterocycles. The van der Waals surface area contributed by atoms with Crippen molar-refractivity contribution in [3.63, 3.8) is 0 Å². The number of rotatable bonds is 4. The normalized spacial score (nSPS) is 32.3. The number of hydrogen-bond acceptors (Lipinski definition) is 2. The molecule has 2 aliphatic rings. The van der Waals surface area contributed by atoms with Crippen molar-refractivity contribution < 1.29 is 4.74 Å². The zero-order valence-corrected chi connectivity index (χ0v) is 8.87. The van der Waals surface area contributed by atoms with Crippen LogP contribution < -0.4 is 5.32 Å². The summed E-state index contributed by atoms with van der Waals surface area (Å²) in [5, 5.41) is 3.39. The van der Waals surface area contributed by atoms with Gasteiger partial charge in [-0.15, -0.1) is 0 Å². The van der Waals surface area contributed by atoms with Crippen LogP contribution in [-0.4, -0.2) is 25.8 Å². The average molecular weight is 195 g/mol. The summed E-state index contributed by atoms with van der Waals surface area (Å²) in [5.74, 6) is 0.863. The lowest BCUT2D eigenvalue weighted by atomic mass is 10.0. The Kier molecular flexibility index (Phi) is 4.02. The molecule has 14 heavy (non-hydrogen) atoms. The Morgan fingerprint density at radius 1 is 1.36 bits per heavy atom. The highest BCUT2D eigenvalue weighted by Crippen LogP contribution is 2.16. The minimum atomic E-state index is 0.415. The van der Waals surface area contributed by atoms with Gasteiger partial charge in [0.05, 0.1) is 6.10 Å². The van der Waals surface area contributed by atoms with E-state index in [1.807, 2.05) is 0 Å². The molecular formula is C12H21NO. The fourth-order valence-electron chi connectivity index (χ4n) is 2.27. The lowest BCUT2D eigenvalue weighted by Crippen LogP contribution is -2.16. The van der Waals surface area contributed by atoms with E-state index in [-0.39, 0.29) is 0 Å². The van der Waals surface area contributed by atoms with Crippen molar-refractivity contribution in [2.75, 3.05) is 19.7 Å². The van der Waals surface area contributed by atoms with Gasteiger partial charge in [-0.1, -0.05) is 12.2 Å². The average Bonchev–Trinajstić information content (AvgIpc) is 2.72. The van der Waals surface area contributed by atoms with Gasteiger partial charge in [-0.25, -0.2) is 0 Å². The monoisotopic (exact) mass is 195 g/mol. The Balaban J connectivity index is 1.57. The minimum absolute atomic E-state index is 0.415. The Labute approximate surface area is 86.7 Å². The third-order valence-corrected chi connectivity index (χ3v) is 3.23. The first-order valence-corrected chi connectivity index (χ1v) is 5.94. The zero-order valence-electron chi connectivity index (χ0n) is 8.87. The highest BCUT2D eigenvalue weighted by Gasteiger charge is 2.15. The van der Waals surface area contributed by atoms with Crippen molar-refractivity contribution in [2.24, 2.45) is 5.92 Å². The summed E-state index contributed by atoms with van der Waals surface area (Å²) >= 11 is 0. The van der Waals surface area contributed by atoms with Crippen LogP contribution in [0.2, 0.25) is 0 Å². The van der Waals surface area contributed by atoms with Crippen LogP contribution in [-0.2, 0) is 4.74 Å². The molecule has 1 saturated heterocycles. The summed E-state index contributed by atoms with van der Waals surface area (Å²) in [4.78, 5) is 0. The van der Waals surface area contributed by atoms with Gasteiger partial charge in [-0.2, -0.15) is 0 Å². The summed E-state index contributed by atoms with van der Waals surface area (Å²) in [6.45, 7) is 3.35. The molecule has 0 bridgehead atoms. The molecule has 0 spiro atoms. The van der Waals surface area contributed by atoms with Crippen molar-refractivity contribution >= 4 is 0 Å². The second-order valence-corrected chi connectivity index (χ2v) is 4.42. The molecule has 2 unspecified atom stereocenters. The van der Waals surface area contributed by atoms with Crippen molar-refractivity contribution in [1.82, 2.24) is 5.32 Å². The van der Waals surface area contributed by atoms with Gasteiger partial charge in [0, 0.05) is 6.61 Å². The zero-order chi connectivity index (χ0) is 9.64. The molecule has 0 aromatic rings. The van der Waals surface area contributed by atoms with E-state index >= 15 is 0 Å². The molecule has 0 radical (unpaired) electrons. The highest BCUT2D eigenvalue weighted by molar-refractivity contribution is 4.94. The molecular weight excluding hydrogens is 174 g/mol. The van der Waals surface area contributed by atoms with Crippen LogP contribution in [0, 0.1) is 5.92 Å². The lowest BCUT2D eigenvalue weighted by molar-refractivity contribution is 0.0666. The first-order valence-electron chi connectivity index (χ1n) is 5.94. The maximum Gasteiger partial charge on any atom is 0.0755 e. The van der Waals surface area contributed by atoms with Crippen LogP contribution in [0.5, 0.6) is 0 Å². The molecule has 2 nitrogen and oxygen atoms in total. The van der Waals surface area contributed by atoms with Crippen LogP contribution in [0.25, 0.3) is 0 Å². The van der Waals surface area contributed by atoms with Crippen LogP contribution in [0.15, 0.2) is 12.2 Å². The second kappa shape index (κ2) is 5.52. The number of ether oxygens (including phenoxy) is 1. The van der Waals surface area contributed by atoms with Gasteiger partial charge in [0.2, 0.25) is 0 Å². The van der Waals surface area contributed by atoms with E-state index in [4.69, 9.17) is 4.74 Å². The Bertz CT molecular complexity index is 185. The highest BCUT2D eigenvalue weighted by atomic mass is 16.5. The van der Waals surface area contributed by atoms with E-state index < -0.39 is 0 Å². The summed E-state index contributed by atoms with van der Waals surface area (Å²) in [5.41, 5.74) is 0. The molecule has 1 aliphatic carbocycles. The van der Waals surface area contributed by atoms with Crippen LogP contribution in [0.4, 0.5) is 0 Å². The third kappa shape index (κ3) is 3.10. The first-order chi connectivity index (χ1) is 6.95. The quantitative estimate of drug-likeness (QED) is 0.694. The topological polar surface area (TPSA) is 21.3 Å². The summed E-state index contributed by atoms with van der Waals surface area (Å²) in [6.07, 6.45) is 11.2. The van der Waals surface area contributed by atoms with Crippen molar-refractivity contribution in [1.29, 1.82) is 0 Å². The third-order valence-electron chi connectivity index (χ3n) is 3.23. The van der Waals surface area contributed by atoms with E-state index in [0.29, 0.717) is 6.10 Å². The van der Waals surface area contributed by atoms with Crippen molar-refractivity contribution in [2.45, 2.75) is 38.2 Å². The molecule has 0 amide bonds. The van der Waals surface area contributed by atoms with Gasteiger partial charge in [0.15, 0.2) is 0 Å². The molecule has 0 aromatic carbocycles. The van der Waals surface area contributed by atoms with Crippen LogP contribution >= 0.6 is 0 Å². The van der Waals surface area contributed by atoms with Crippen molar-refractivity contribution in [3.05, 3.63) is 12.2 Å². The number of nitrogens with one attached hydrogen (secondary N) is 1. The maximum atomic E-state index is 5.83. The minimum Gasteiger partial charge on any atom is -0.374 e. The van der Waals surface area contributed by atoms with Gasteiger partial charge in [0.25, 0.3) is 0 Å². The SMILES string of the molecule is C1=CC(OCCC2CCNC2)CCC1. The van der Waals surface area contributed by atoms with Crippen molar-refractivity contribution in [3.8, 4) is 0 Å². The Morgan fingerprint density at radius 3 is 3.07 bits per heavy atom. The van der Waals surface area contributed by atoms with Crippen LogP contribution in [0.1, 0.15) is 32.1 Å². The second-order valence-electron chi connectivity index (χ2n) is 4.42. The summed E-state index contributed by atoms with van der Waals surface area (Å²) < 4.78 is 5.83. The van der Waals surface area contributed by atoms with Gasteiger partial charge >= 0.3 is 0 Å². The molecule has 1 fully saturated rings.